The zero-order valence-corrected chi connectivity index (χ0v) is 7.23. The predicted molar refractivity (Wildman–Crippen MR) is 40.5 cm³/mol. The third kappa shape index (κ3) is 7.56. The fourth-order valence-corrected chi connectivity index (χ4v) is 0.344. The molecule has 0 saturated carbocycles. The van der Waals surface area contributed by atoms with Gasteiger partial charge in [0.25, 0.3) is 0 Å². The first-order chi connectivity index (χ1) is 4.16. The van der Waals surface area contributed by atoms with Crippen molar-refractivity contribution in [3.8, 4) is 0 Å². The number of hydrogen-bond donors (Lipinski definition) is 0. The highest BCUT2D eigenvalue weighted by molar-refractivity contribution is 5.85. The van der Waals surface area contributed by atoms with Gasteiger partial charge in [-0.1, -0.05) is 0 Å². The second kappa shape index (κ2) is 6.68. The Kier molecular flexibility index (Phi) is 8.18. The summed E-state index contributed by atoms with van der Waals surface area (Å²) in [7, 11) is 0. The zero-order valence-electron chi connectivity index (χ0n) is 6.42. The van der Waals surface area contributed by atoms with Gasteiger partial charge < -0.3 is 9.47 Å². The van der Waals surface area contributed by atoms with Crippen molar-refractivity contribution < 1.29 is 14.3 Å². The van der Waals surface area contributed by atoms with Crippen LogP contribution in [0.3, 0.4) is 0 Å². The van der Waals surface area contributed by atoms with Gasteiger partial charge in [0, 0.05) is 0 Å². The molecule has 0 aliphatic carbocycles. The highest BCUT2D eigenvalue weighted by atomic mass is 35.5. The van der Waals surface area contributed by atoms with E-state index in [4.69, 9.17) is 0 Å². The minimum absolute atomic E-state index is 0. The van der Waals surface area contributed by atoms with E-state index in [-0.39, 0.29) is 18.5 Å². The van der Waals surface area contributed by atoms with Gasteiger partial charge in [-0.05, 0) is 20.8 Å². The van der Waals surface area contributed by atoms with E-state index >= 15 is 0 Å². The smallest absolute Gasteiger partial charge is 0.435 e. The molecule has 0 aliphatic rings. The fraction of sp³-hybridized carbons (Fsp3) is 0.833. The highest BCUT2D eigenvalue weighted by Gasteiger charge is 2.02. The lowest BCUT2D eigenvalue weighted by atomic mass is 10.5. The summed E-state index contributed by atoms with van der Waals surface area (Å²) in [6, 6.07) is 0. The van der Waals surface area contributed by atoms with Crippen LogP contribution in [0.5, 0.6) is 0 Å². The molecule has 62 valence electrons. The van der Waals surface area contributed by atoms with Crippen LogP contribution in [0.1, 0.15) is 20.8 Å². The van der Waals surface area contributed by atoms with Crippen molar-refractivity contribution in [1.29, 1.82) is 0 Å². The molecule has 0 N–H and O–H groups in total. The van der Waals surface area contributed by atoms with E-state index < -0.39 is 6.16 Å². The van der Waals surface area contributed by atoms with Crippen LogP contribution >= 0.6 is 12.4 Å². The predicted octanol–water partition coefficient (Wildman–Crippen LogP) is 1.99. The Morgan fingerprint density at radius 1 is 1.50 bits per heavy atom. The number of carbonyl (C=O) groups is 1. The fourth-order valence-electron chi connectivity index (χ4n) is 0.344. The molecule has 0 saturated heterocycles. The molecule has 0 fully saturated rings. The largest absolute Gasteiger partial charge is 0.508 e. The van der Waals surface area contributed by atoms with Crippen LogP contribution in [0.25, 0.3) is 0 Å². The van der Waals surface area contributed by atoms with E-state index in [9.17, 15) is 4.79 Å². The first kappa shape index (κ1) is 12.3. The van der Waals surface area contributed by atoms with Crippen LogP contribution in [-0.2, 0) is 9.47 Å². The lowest BCUT2D eigenvalue weighted by molar-refractivity contribution is 0.0378. The standard InChI is InChI=1S/C6H12O3.ClH/c1-4-8-6(7)9-5(2)3;/h5H,4H2,1-3H3;1H. The molecule has 0 aromatic rings. The van der Waals surface area contributed by atoms with Crippen molar-refractivity contribution in [2.75, 3.05) is 6.61 Å². The van der Waals surface area contributed by atoms with Gasteiger partial charge in [0.2, 0.25) is 0 Å². The summed E-state index contributed by atoms with van der Waals surface area (Å²) < 4.78 is 9.12. The van der Waals surface area contributed by atoms with Crippen LogP contribution in [0.15, 0.2) is 0 Å². The molecule has 4 heteroatoms. The second-order valence-corrected chi connectivity index (χ2v) is 1.85. The number of ether oxygens (including phenoxy) is 2. The summed E-state index contributed by atoms with van der Waals surface area (Å²) in [5, 5.41) is 0. The van der Waals surface area contributed by atoms with Crippen molar-refractivity contribution in [3.05, 3.63) is 0 Å². The van der Waals surface area contributed by atoms with Gasteiger partial charge >= 0.3 is 6.16 Å². The van der Waals surface area contributed by atoms with Crippen LogP contribution in [0.4, 0.5) is 4.79 Å². The molecule has 0 rings (SSSR count). The Morgan fingerprint density at radius 2 is 2.00 bits per heavy atom. The third-order valence-corrected chi connectivity index (χ3v) is 0.594. The number of rotatable bonds is 2. The summed E-state index contributed by atoms with van der Waals surface area (Å²) in [6.07, 6.45) is -0.684. The van der Waals surface area contributed by atoms with E-state index in [2.05, 4.69) is 9.47 Å². The maximum absolute atomic E-state index is 10.4. The lowest BCUT2D eigenvalue weighted by Crippen LogP contribution is -2.12. The van der Waals surface area contributed by atoms with Gasteiger partial charge in [-0.2, -0.15) is 0 Å². The van der Waals surface area contributed by atoms with Gasteiger partial charge in [-0.3, -0.25) is 0 Å². The summed E-state index contributed by atoms with van der Waals surface area (Å²) in [4.78, 5) is 10.4. The van der Waals surface area contributed by atoms with E-state index in [0.29, 0.717) is 6.61 Å². The maximum Gasteiger partial charge on any atom is 0.508 e. The molecule has 0 radical (unpaired) electrons. The first-order valence-electron chi connectivity index (χ1n) is 3.00. The summed E-state index contributed by atoms with van der Waals surface area (Å²) in [6.45, 7) is 5.65. The Balaban J connectivity index is 0. The Hall–Kier alpha value is -0.440. The van der Waals surface area contributed by atoms with Crippen molar-refractivity contribution in [1.82, 2.24) is 0 Å². The molecule has 3 nitrogen and oxygen atoms in total. The normalized spacial score (nSPS) is 8.40. The SMILES string of the molecule is CCOC(=O)OC(C)C.Cl. The average molecular weight is 169 g/mol. The number of carbonyl (C=O) groups excluding carboxylic acids is 1. The van der Waals surface area contributed by atoms with Crippen molar-refractivity contribution >= 4 is 18.6 Å². The first-order valence-corrected chi connectivity index (χ1v) is 3.00. The van der Waals surface area contributed by atoms with Gasteiger partial charge in [-0.25, -0.2) is 4.79 Å². The zero-order chi connectivity index (χ0) is 7.28. The maximum atomic E-state index is 10.4. The molecule has 0 aromatic heterocycles. The summed E-state index contributed by atoms with van der Waals surface area (Å²) in [5.74, 6) is 0. The molecule has 0 spiro atoms. The van der Waals surface area contributed by atoms with Crippen LogP contribution < -0.4 is 0 Å². The van der Waals surface area contributed by atoms with Crippen molar-refractivity contribution in [2.24, 2.45) is 0 Å². The molecule has 0 atom stereocenters. The number of hydrogen-bond acceptors (Lipinski definition) is 3. The molecule has 0 unspecified atom stereocenters. The Bertz CT molecular complexity index is 93.0. The highest BCUT2D eigenvalue weighted by Crippen LogP contribution is 1.91. The molecular formula is C6H13ClO3. The van der Waals surface area contributed by atoms with Crippen molar-refractivity contribution in [3.63, 3.8) is 0 Å². The summed E-state index contributed by atoms with van der Waals surface area (Å²) >= 11 is 0. The molecule has 10 heavy (non-hydrogen) atoms. The quantitative estimate of drug-likeness (QED) is 0.592. The van der Waals surface area contributed by atoms with E-state index in [1.165, 1.54) is 0 Å². The van der Waals surface area contributed by atoms with Crippen LogP contribution in [-0.4, -0.2) is 18.9 Å². The molecule has 0 aliphatic heterocycles. The molecule has 0 amide bonds. The van der Waals surface area contributed by atoms with Gasteiger partial charge in [0.1, 0.15) is 0 Å². The Morgan fingerprint density at radius 3 is 2.30 bits per heavy atom. The molecule has 0 heterocycles. The summed E-state index contributed by atoms with van der Waals surface area (Å²) in [5.41, 5.74) is 0. The van der Waals surface area contributed by atoms with Gasteiger partial charge in [0.15, 0.2) is 0 Å². The molecular weight excluding hydrogens is 156 g/mol. The minimum Gasteiger partial charge on any atom is -0.435 e. The van der Waals surface area contributed by atoms with Gasteiger partial charge in [0.05, 0.1) is 12.7 Å². The minimum atomic E-state index is -0.590. The van der Waals surface area contributed by atoms with Crippen LogP contribution in [0.2, 0.25) is 0 Å². The molecule has 0 aromatic carbocycles. The van der Waals surface area contributed by atoms with Crippen molar-refractivity contribution in [2.45, 2.75) is 26.9 Å². The van der Waals surface area contributed by atoms with E-state index in [1.54, 1.807) is 20.8 Å². The molecule has 0 bridgehead atoms. The average Bonchev–Trinajstić information content (AvgIpc) is 1.63. The van der Waals surface area contributed by atoms with Crippen LogP contribution in [0, 0.1) is 0 Å². The monoisotopic (exact) mass is 168 g/mol. The lowest BCUT2D eigenvalue weighted by Gasteiger charge is -2.05. The van der Waals surface area contributed by atoms with E-state index in [0.717, 1.165) is 0 Å². The van der Waals surface area contributed by atoms with Gasteiger partial charge in [-0.15, -0.1) is 12.4 Å². The Labute approximate surface area is 67.1 Å². The third-order valence-electron chi connectivity index (χ3n) is 0.594. The number of halogens is 1. The topological polar surface area (TPSA) is 35.5 Å². The van der Waals surface area contributed by atoms with E-state index in [1.807, 2.05) is 0 Å². The second-order valence-electron chi connectivity index (χ2n) is 1.85.